The smallest absolute Gasteiger partial charge is 0.263 e. The van der Waals surface area contributed by atoms with Gasteiger partial charge in [-0.2, -0.15) is 0 Å². The lowest BCUT2D eigenvalue weighted by Crippen LogP contribution is -2.32. The number of hydrogen-bond acceptors (Lipinski definition) is 4. The van der Waals surface area contributed by atoms with Crippen LogP contribution in [0.4, 0.5) is 5.69 Å². The highest BCUT2D eigenvalue weighted by molar-refractivity contribution is 7.21. The number of nitrogens with two attached hydrogens (primary N) is 1. The van der Waals surface area contributed by atoms with Gasteiger partial charge in [0, 0.05) is 22.7 Å². The van der Waals surface area contributed by atoms with Gasteiger partial charge in [-0.1, -0.05) is 18.2 Å². The highest BCUT2D eigenvalue weighted by atomic mass is 32.1. The van der Waals surface area contributed by atoms with E-state index in [1.54, 1.807) is 0 Å². The Morgan fingerprint density at radius 3 is 2.90 bits per heavy atom. The molecule has 0 saturated carbocycles. The van der Waals surface area contributed by atoms with E-state index < -0.39 is 0 Å². The largest absolute Gasteiger partial charge is 0.397 e. The van der Waals surface area contributed by atoms with Crippen molar-refractivity contribution >= 4 is 33.0 Å². The van der Waals surface area contributed by atoms with Gasteiger partial charge in [-0.05, 0) is 32.3 Å². The maximum atomic E-state index is 12.3. The first-order valence-corrected chi connectivity index (χ1v) is 7.55. The van der Waals surface area contributed by atoms with Crippen molar-refractivity contribution in [1.29, 1.82) is 0 Å². The van der Waals surface area contributed by atoms with Crippen molar-refractivity contribution < 1.29 is 9.90 Å². The number of benzene rings is 1. The van der Waals surface area contributed by atoms with Crippen LogP contribution in [0.3, 0.4) is 0 Å². The molecule has 108 valence electrons. The summed E-state index contributed by atoms with van der Waals surface area (Å²) in [4.78, 5) is 12.9. The Kier molecular flexibility index (Phi) is 4.62. The minimum Gasteiger partial charge on any atom is -0.397 e. The quantitative estimate of drug-likeness (QED) is 0.793. The number of anilines is 1. The number of aliphatic hydroxyl groups is 1. The summed E-state index contributed by atoms with van der Waals surface area (Å²) in [7, 11) is 0. The average Bonchev–Trinajstić information content (AvgIpc) is 2.76. The maximum Gasteiger partial charge on any atom is 0.263 e. The Labute approximate surface area is 122 Å². The summed E-state index contributed by atoms with van der Waals surface area (Å²) in [6.07, 6.45) is 1.44. The molecule has 0 aliphatic carbocycles. The Morgan fingerprint density at radius 1 is 1.50 bits per heavy atom. The van der Waals surface area contributed by atoms with Crippen LogP contribution in [0.15, 0.2) is 18.2 Å². The average molecular weight is 292 g/mol. The summed E-state index contributed by atoms with van der Waals surface area (Å²) in [5, 5.41) is 12.7. The summed E-state index contributed by atoms with van der Waals surface area (Å²) >= 11 is 1.44. The first kappa shape index (κ1) is 14.8. The van der Waals surface area contributed by atoms with Crippen molar-refractivity contribution in [3.8, 4) is 0 Å². The van der Waals surface area contributed by atoms with Crippen LogP contribution < -0.4 is 11.1 Å². The van der Waals surface area contributed by atoms with Crippen LogP contribution in [0.2, 0.25) is 0 Å². The normalized spacial score (nSPS) is 12.6. The second-order valence-corrected chi connectivity index (χ2v) is 6.06. The van der Waals surface area contributed by atoms with Gasteiger partial charge in [0.1, 0.15) is 4.88 Å². The fourth-order valence-electron chi connectivity index (χ4n) is 2.21. The number of nitrogen functional groups attached to an aromatic ring is 1. The molecule has 4 nitrogen and oxygen atoms in total. The zero-order valence-corrected chi connectivity index (χ0v) is 12.6. The number of aliphatic hydroxyl groups excluding tert-OH is 1. The van der Waals surface area contributed by atoms with Crippen molar-refractivity contribution in [3.05, 3.63) is 28.6 Å². The Hall–Kier alpha value is -1.59. The summed E-state index contributed by atoms with van der Waals surface area (Å²) in [5.74, 6) is -0.131. The number of nitrogens with one attached hydrogen (secondary N) is 1. The van der Waals surface area contributed by atoms with Crippen LogP contribution in [-0.4, -0.2) is 23.7 Å². The molecule has 1 amide bonds. The molecule has 20 heavy (non-hydrogen) atoms. The molecule has 0 fully saturated rings. The Morgan fingerprint density at radius 2 is 2.25 bits per heavy atom. The highest BCUT2D eigenvalue weighted by Crippen LogP contribution is 2.35. The molecule has 1 atom stereocenters. The van der Waals surface area contributed by atoms with Crippen molar-refractivity contribution in [1.82, 2.24) is 5.32 Å². The van der Waals surface area contributed by atoms with Gasteiger partial charge in [-0.3, -0.25) is 4.79 Å². The first-order valence-electron chi connectivity index (χ1n) is 6.74. The summed E-state index contributed by atoms with van der Waals surface area (Å²) in [5.41, 5.74) is 7.78. The number of aryl methyl sites for hydroxylation is 1. The van der Waals surface area contributed by atoms with Crippen LogP contribution >= 0.6 is 11.3 Å². The molecule has 0 radical (unpaired) electrons. The van der Waals surface area contributed by atoms with Crippen molar-refractivity contribution in [3.63, 3.8) is 0 Å². The van der Waals surface area contributed by atoms with Crippen LogP contribution in [0.5, 0.6) is 0 Å². The molecular weight excluding hydrogens is 272 g/mol. The predicted molar refractivity (Wildman–Crippen MR) is 84.2 cm³/mol. The van der Waals surface area contributed by atoms with E-state index in [9.17, 15) is 4.79 Å². The van der Waals surface area contributed by atoms with Gasteiger partial charge in [0.05, 0.1) is 5.69 Å². The topological polar surface area (TPSA) is 75.4 Å². The highest BCUT2D eigenvalue weighted by Gasteiger charge is 2.18. The minimum atomic E-state index is -0.131. The number of hydrogen-bond donors (Lipinski definition) is 3. The Balaban J connectivity index is 2.22. The molecule has 1 heterocycles. The predicted octanol–water partition coefficient (Wildman–Crippen LogP) is 2.68. The molecule has 0 saturated heterocycles. The number of thiophene rings is 1. The van der Waals surface area contributed by atoms with Crippen molar-refractivity contribution in [2.75, 3.05) is 12.3 Å². The van der Waals surface area contributed by atoms with Crippen LogP contribution in [0.1, 0.15) is 35.0 Å². The number of rotatable bonds is 5. The van der Waals surface area contributed by atoms with Crippen molar-refractivity contribution in [2.24, 2.45) is 0 Å². The molecule has 0 spiro atoms. The van der Waals surface area contributed by atoms with E-state index in [2.05, 4.69) is 5.32 Å². The van der Waals surface area contributed by atoms with E-state index in [4.69, 9.17) is 10.8 Å². The molecule has 1 aromatic heterocycles. The van der Waals surface area contributed by atoms with Gasteiger partial charge in [0.2, 0.25) is 0 Å². The fraction of sp³-hybridized carbons (Fsp3) is 0.400. The molecule has 5 heteroatoms. The Bertz CT molecular complexity index is 622. The number of carbonyl (C=O) groups excluding carboxylic acids is 1. The monoisotopic (exact) mass is 292 g/mol. The molecule has 1 aromatic carbocycles. The van der Waals surface area contributed by atoms with Gasteiger partial charge in [0.15, 0.2) is 0 Å². The second-order valence-electron chi connectivity index (χ2n) is 5.04. The van der Waals surface area contributed by atoms with Crippen LogP contribution in [0, 0.1) is 6.92 Å². The lowest BCUT2D eigenvalue weighted by atomic mass is 10.1. The standard InChI is InChI=1S/C15H20N2O2S/c1-9-5-3-7-11-12(16)14(20-13(9)11)15(19)17-10(2)6-4-8-18/h3,5,7,10,18H,4,6,8,16H2,1-2H3,(H,17,19). The zero-order valence-electron chi connectivity index (χ0n) is 11.8. The molecule has 0 bridgehead atoms. The molecule has 2 rings (SSSR count). The summed E-state index contributed by atoms with van der Waals surface area (Å²) < 4.78 is 1.07. The number of carbonyl (C=O) groups is 1. The molecule has 4 N–H and O–H groups in total. The zero-order chi connectivity index (χ0) is 14.7. The number of fused-ring (bicyclic) bond motifs is 1. The molecule has 0 aliphatic rings. The number of amides is 1. The van der Waals surface area contributed by atoms with Gasteiger partial charge >= 0.3 is 0 Å². The molecule has 2 aromatic rings. The minimum absolute atomic E-state index is 0.0281. The second kappa shape index (κ2) is 6.24. The van der Waals surface area contributed by atoms with E-state index in [-0.39, 0.29) is 18.6 Å². The molecule has 1 unspecified atom stereocenters. The maximum absolute atomic E-state index is 12.3. The summed E-state index contributed by atoms with van der Waals surface area (Å²) in [6.45, 7) is 4.09. The first-order chi connectivity index (χ1) is 9.54. The molecule has 0 aliphatic heterocycles. The molecular formula is C15H20N2O2S. The van der Waals surface area contributed by atoms with E-state index >= 15 is 0 Å². The van der Waals surface area contributed by atoms with Gasteiger partial charge in [-0.25, -0.2) is 0 Å². The third kappa shape index (κ3) is 2.94. The van der Waals surface area contributed by atoms with E-state index in [0.717, 1.165) is 22.1 Å². The lowest BCUT2D eigenvalue weighted by Gasteiger charge is -2.12. The third-order valence-electron chi connectivity index (χ3n) is 3.33. The van der Waals surface area contributed by atoms with Crippen LogP contribution in [-0.2, 0) is 0 Å². The van der Waals surface area contributed by atoms with Gasteiger partial charge < -0.3 is 16.2 Å². The van der Waals surface area contributed by atoms with Gasteiger partial charge in [-0.15, -0.1) is 11.3 Å². The SMILES string of the molecule is Cc1cccc2c(N)c(C(=O)NC(C)CCCO)sc12. The van der Waals surface area contributed by atoms with Crippen molar-refractivity contribution in [2.45, 2.75) is 32.7 Å². The van der Waals surface area contributed by atoms with Crippen LogP contribution in [0.25, 0.3) is 10.1 Å². The fourth-order valence-corrected chi connectivity index (χ4v) is 3.30. The van der Waals surface area contributed by atoms with E-state index in [1.807, 2.05) is 32.0 Å². The lowest BCUT2D eigenvalue weighted by molar-refractivity contribution is 0.0941. The summed E-state index contributed by atoms with van der Waals surface area (Å²) in [6, 6.07) is 5.94. The third-order valence-corrected chi connectivity index (χ3v) is 4.69. The van der Waals surface area contributed by atoms with Gasteiger partial charge in [0.25, 0.3) is 5.91 Å². The van der Waals surface area contributed by atoms with E-state index in [1.165, 1.54) is 11.3 Å². The van der Waals surface area contributed by atoms with E-state index in [0.29, 0.717) is 17.0 Å².